The molecule has 63 heavy (non-hydrogen) atoms. The fourth-order valence-electron chi connectivity index (χ4n) is 7.30. The molecule has 0 bridgehead atoms. The lowest BCUT2D eigenvalue weighted by Gasteiger charge is -2.31. The number of halogens is 1. The molecule has 0 saturated carbocycles. The van der Waals surface area contributed by atoms with E-state index in [0.29, 0.717) is 23.1 Å². The second-order valence-electron chi connectivity index (χ2n) is 18.9. The Bertz CT molecular complexity index is 2420. The van der Waals surface area contributed by atoms with Crippen molar-refractivity contribution in [3.63, 3.8) is 0 Å². The van der Waals surface area contributed by atoms with Crippen LogP contribution < -0.4 is 14.8 Å². The van der Waals surface area contributed by atoms with Crippen molar-refractivity contribution in [2.45, 2.75) is 147 Å². The highest BCUT2D eigenvalue weighted by Gasteiger charge is 2.37. The van der Waals surface area contributed by atoms with Gasteiger partial charge in [0.1, 0.15) is 18.1 Å². The fourth-order valence-corrected chi connectivity index (χ4v) is 8.73. The Labute approximate surface area is 381 Å². The SMILES string of the molecule is CCC(C)(C)c1ccc(CCCCCCc2ccc(Cl)c(NC(=O)C(Oc3ccc(S(=O)(=O)c4ccc(OCc5ccccc5)cc4)cc3)C(=O)C(C)(C)C)c2)c(C(C)(C)CC)c1. The van der Waals surface area contributed by atoms with Gasteiger partial charge in [-0.15, -0.1) is 0 Å². The molecule has 336 valence electrons. The lowest BCUT2D eigenvalue weighted by atomic mass is 9.74. The molecule has 0 spiro atoms. The van der Waals surface area contributed by atoms with Crippen LogP contribution in [-0.2, 0) is 49.7 Å². The van der Waals surface area contributed by atoms with E-state index in [0.717, 1.165) is 62.5 Å². The Kier molecular flexibility index (Phi) is 16.5. The quantitative estimate of drug-likeness (QED) is 0.0582. The number of anilines is 1. The first kappa shape index (κ1) is 49.1. The molecular formula is C54H66ClNO6S. The topological polar surface area (TPSA) is 98.8 Å². The standard InChI is InChI=1S/C54H66ClNO6S/c1-10-53(6,7)41-25-24-40(46(36-41)54(8,9)11-2)22-18-13-12-15-19-38-23-34-47(55)48(35-38)56-51(58)49(50(57)52(3,4)5)62-43-28-32-45(33-29-43)63(59,60)44-30-26-42(27-31-44)61-37-39-20-16-14-17-21-39/h14,16-17,20-21,23-36,49H,10-13,15,18-19,22,37H2,1-9H3,(H,56,58). The van der Waals surface area contributed by atoms with Gasteiger partial charge in [-0.1, -0.05) is 141 Å². The largest absolute Gasteiger partial charge is 0.489 e. The summed E-state index contributed by atoms with van der Waals surface area (Å²) in [5, 5.41) is 3.19. The van der Waals surface area contributed by atoms with E-state index in [4.69, 9.17) is 21.1 Å². The number of unbranched alkanes of at least 4 members (excludes halogenated alkanes) is 3. The van der Waals surface area contributed by atoms with Crippen molar-refractivity contribution in [1.82, 2.24) is 0 Å². The fraction of sp³-hybridized carbons (Fsp3) is 0.407. The van der Waals surface area contributed by atoms with Crippen molar-refractivity contribution < 1.29 is 27.5 Å². The molecule has 5 rings (SSSR count). The van der Waals surface area contributed by atoms with E-state index in [9.17, 15) is 18.0 Å². The number of ether oxygens (including phenoxy) is 2. The number of nitrogens with one attached hydrogen (secondary N) is 1. The zero-order valence-corrected chi connectivity index (χ0v) is 40.2. The Morgan fingerprint density at radius 1 is 0.651 bits per heavy atom. The number of carbonyl (C=O) groups is 2. The number of benzene rings is 5. The van der Waals surface area contributed by atoms with Gasteiger partial charge in [-0.05, 0) is 138 Å². The first-order chi connectivity index (χ1) is 29.7. The number of ketones is 1. The molecule has 0 radical (unpaired) electrons. The highest BCUT2D eigenvalue weighted by Crippen LogP contribution is 2.36. The lowest BCUT2D eigenvalue weighted by molar-refractivity contribution is -0.140. The first-order valence-electron chi connectivity index (χ1n) is 22.3. The minimum Gasteiger partial charge on any atom is -0.489 e. The van der Waals surface area contributed by atoms with Crippen molar-refractivity contribution in [2.24, 2.45) is 5.41 Å². The van der Waals surface area contributed by atoms with Gasteiger partial charge in [-0.3, -0.25) is 9.59 Å². The molecule has 5 aromatic carbocycles. The molecule has 0 fully saturated rings. The van der Waals surface area contributed by atoms with E-state index in [1.54, 1.807) is 39.0 Å². The zero-order valence-electron chi connectivity index (χ0n) is 38.6. The summed E-state index contributed by atoms with van der Waals surface area (Å²) in [6.45, 7) is 19.4. The number of carbonyl (C=O) groups excluding carboxylic acids is 2. The van der Waals surface area contributed by atoms with E-state index < -0.39 is 33.0 Å². The van der Waals surface area contributed by atoms with Gasteiger partial charge in [-0.25, -0.2) is 8.42 Å². The van der Waals surface area contributed by atoms with Crippen LogP contribution in [0.2, 0.25) is 5.02 Å². The maximum Gasteiger partial charge on any atom is 0.273 e. The molecule has 1 amide bonds. The second-order valence-corrected chi connectivity index (χ2v) is 21.3. The van der Waals surface area contributed by atoms with Gasteiger partial charge >= 0.3 is 0 Å². The van der Waals surface area contributed by atoms with Gasteiger partial charge in [0.05, 0.1) is 20.5 Å². The molecule has 9 heteroatoms. The van der Waals surface area contributed by atoms with Gasteiger partial charge in [0.2, 0.25) is 15.9 Å². The van der Waals surface area contributed by atoms with Crippen molar-refractivity contribution in [1.29, 1.82) is 0 Å². The van der Waals surface area contributed by atoms with E-state index in [2.05, 4.69) is 65.1 Å². The van der Waals surface area contributed by atoms with Crippen LogP contribution in [0.1, 0.15) is 129 Å². The van der Waals surface area contributed by atoms with E-state index in [1.165, 1.54) is 53.1 Å². The van der Waals surface area contributed by atoms with Gasteiger partial charge in [-0.2, -0.15) is 0 Å². The highest BCUT2D eigenvalue weighted by molar-refractivity contribution is 7.91. The number of sulfone groups is 1. The summed E-state index contributed by atoms with van der Waals surface area (Å²) in [4.78, 5) is 27.6. The van der Waals surface area contributed by atoms with Gasteiger partial charge in [0.15, 0.2) is 5.78 Å². The van der Waals surface area contributed by atoms with E-state index >= 15 is 0 Å². The molecule has 5 aromatic rings. The summed E-state index contributed by atoms with van der Waals surface area (Å²) >= 11 is 6.59. The predicted octanol–water partition coefficient (Wildman–Crippen LogP) is 13.5. The molecule has 1 atom stereocenters. The van der Waals surface area contributed by atoms with Gasteiger partial charge < -0.3 is 14.8 Å². The number of Topliss-reactive ketones (excluding diaryl/α,β-unsaturated/α-hetero) is 1. The Morgan fingerprint density at radius 3 is 1.83 bits per heavy atom. The Hall–Kier alpha value is -4.92. The molecule has 0 aliphatic rings. The number of aryl methyl sites for hydroxylation is 2. The molecular weight excluding hydrogens is 826 g/mol. The average molecular weight is 893 g/mol. The van der Waals surface area contributed by atoms with Crippen LogP contribution in [-0.4, -0.2) is 26.2 Å². The van der Waals surface area contributed by atoms with Crippen LogP contribution >= 0.6 is 11.6 Å². The molecule has 0 heterocycles. The van der Waals surface area contributed by atoms with Crippen LogP contribution in [0.25, 0.3) is 0 Å². The monoisotopic (exact) mass is 891 g/mol. The normalized spacial score (nSPS) is 12.7. The summed E-state index contributed by atoms with van der Waals surface area (Å²) < 4.78 is 38.9. The molecule has 1 N–H and O–H groups in total. The van der Waals surface area contributed by atoms with E-state index in [-0.39, 0.29) is 26.4 Å². The Morgan fingerprint density at radius 2 is 1.24 bits per heavy atom. The molecule has 7 nitrogen and oxygen atoms in total. The average Bonchev–Trinajstić information content (AvgIpc) is 3.27. The molecule has 0 aliphatic heterocycles. The highest BCUT2D eigenvalue weighted by atomic mass is 35.5. The number of hydrogen-bond acceptors (Lipinski definition) is 6. The first-order valence-corrected chi connectivity index (χ1v) is 24.2. The maximum atomic E-state index is 13.9. The third kappa shape index (κ3) is 13.1. The summed E-state index contributed by atoms with van der Waals surface area (Å²) in [5.74, 6) is -0.400. The Balaban J connectivity index is 1.18. The third-order valence-electron chi connectivity index (χ3n) is 12.3. The number of hydrogen-bond donors (Lipinski definition) is 1. The molecule has 0 saturated heterocycles. The van der Waals surface area contributed by atoms with Crippen molar-refractivity contribution >= 4 is 38.8 Å². The minimum atomic E-state index is -3.88. The van der Waals surface area contributed by atoms with Crippen LogP contribution in [0.15, 0.2) is 125 Å². The summed E-state index contributed by atoms with van der Waals surface area (Å²) in [5.41, 5.74) is 6.12. The van der Waals surface area contributed by atoms with Crippen molar-refractivity contribution in [3.05, 3.63) is 148 Å². The lowest BCUT2D eigenvalue weighted by Crippen LogP contribution is -2.45. The summed E-state index contributed by atoms with van der Waals surface area (Å²) in [6.07, 6.45) is 6.84. The summed E-state index contributed by atoms with van der Waals surface area (Å²) in [7, 11) is -3.88. The maximum absolute atomic E-state index is 13.9. The van der Waals surface area contributed by atoms with Crippen LogP contribution in [0.3, 0.4) is 0 Å². The molecule has 1 unspecified atom stereocenters. The van der Waals surface area contributed by atoms with Crippen molar-refractivity contribution in [2.75, 3.05) is 5.32 Å². The smallest absolute Gasteiger partial charge is 0.273 e. The predicted molar refractivity (Wildman–Crippen MR) is 257 cm³/mol. The molecule has 0 aromatic heterocycles. The van der Waals surface area contributed by atoms with Gasteiger partial charge in [0.25, 0.3) is 5.91 Å². The number of rotatable bonds is 21. The number of amides is 1. The zero-order chi connectivity index (χ0) is 46.0. The third-order valence-corrected chi connectivity index (χ3v) is 14.4. The van der Waals surface area contributed by atoms with Crippen LogP contribution in [0.4, 0.5) is 5.69 Å². The van der Waals surface area contributed by atoms with E-state index in [1.807, 2.05) is 42.5 Å². The van der Waals surface area contributed by atoms with Crippen molar-refractivity contribution in [3.8, 4) is 11.5 Å². The molecule has 0 aliphatic carbocycles. The van der Waals surface area contributed by atoms with Crippen LogP contribution in [0, 0.1) is 5.41 Å². The van der Waals surface area contributed by atoms with Gasteiger partial charge in [0, 0.05) is 5.41 Å². The van der Waals surface area contributed by atoms with Crippen LogP contribution in [0.5, 0.6) is 11.5 Å². The second kappa shape index (κ2) is 21.2. The minimum absolute atomic E-state index is 0.0333. The summed E-state index contributed by atoms with van der Waals surface area (Å²) in [6, 6.07) is 34.4.